The number of rotatable bonds is 4. The molecule has 1 atom stereocenters. The number of benzene rings is 1. The van der Waals surface area contributed by atoms with Crippen molar-refractivity contribution in [3.8, 4) is 0 Å². The zero-order valence-electron chi connectivity index (χ0n) is 13.5. The Kier molecular flexibility index (Phi) is 9.83. The molecule has 2 heterocycles. The molecule has 2 aliphatic rings. The summed E-state index contributed by atoms with van der Waals surface area (Å²) in [5.74, 6) is 0.896. The van der Waals surface area contributed by atoms with E-state index in [4.69, 9.17) is 11.6 Å². The fourth-order valence-electron chi connectivity index (χ4n) is 3.58. The van der Waals surface area contributed by atoms with Crippen LogP contribution in [0.2, 0.25) is 5.02 Å². The monoisotopic (exact) mass is 379 g/mol. The van der Waals surface area contributed by atoms with Gasteiger partial charge in [-0.1, -0.05) is 29.8 Å². The third-order valence-electron chi connectivity index (χ3n) is 4.90. The van der Waals surface area contributed by atoms with Crippen LogP contribution in [0.25, 0.3) is 0 Å². The minimum Gasteiger partial charge on any atom is -0.317 e. The second-order valence-corrected chi connectivity index (χ2v) is 6.67. The van der Waals surface area contributed by atoms with Crippen LogP contribution < -0.4 is 10.6 Å². The number of halogens is 3. The zero-order valence-corrected chi connectivity index (χ0v) is 15.9. The molecule has 6 heteroatoms. The minimum atomic E-state index is 0. The SMILES string of the molecule is Cl.Cl.Clc1ccccc1C1CNCCN1CCC1CCNCC1. The Bertz CT molecular complexity index is 452. The van der Waals surface area contributed by atoms with Crippen LogP contribution in [0, 0.1) is 5.92 Å². The quantitative estimate of drug-likeness (QED) is 0.837. The van der Waals surface area contributed by atoms with E-state index in [9.17, 15) is 0 Å². The molecule has 3 rings (SSSR count). The summed E-state index contributed by atoms with van der Waals surface area (Å²) in [7, 11) is 0. The van der Waals surface area contributed by atoms with Crippen molar-refractivity contribution in [3.63, 3.8) is 0 Å². The van der Waals surface area contributed by atoms with Gasteiger partial charge in [-0.15, -0.1) is 24.8 Å². The molecule has 1 aromatic rings. The largest absolute Gasteiger partial charge is 0.317 e. The summed E-state index contributed by atoms with van der Waals surface area (Å²) in [6.07, 6.45) is 3.99. The predicted molar refractivity (Wildman–Crippen MR) is 103 cm³/mol. The molecule has 0 aromatic heterocycles. The van der Waals surface area contributed by atoms with Gasteiger partial charge in [-0.2, -0.15) is 0 Å². The van der Waals surface area contributed by atoms with Crippen LogP contribution in [-0.4, -0.2) is 44.2 Å². The average Bonchev–Trinajstić information content (AvgIpc) is 2.55. The van der Waals surface area contributed by atoms with Gasteiger partial charge >= 0.3 is 0 Å². The first-order valence-electron chi connectivity index (χ1n) is 8.24. The van der Waals surface area contributed by atoms with Gasteiger partial charge in [0, 0.05) is 30.7 Å². The van der Waals surface area contributed by atoms with Crippen LogP contribution >= 0.6 is 36.4 Å². The first kappa shape index (κ1) is 21.0. The molecule has 1 unspecified atom stereocenters. The summed E-state index contributed by atoms with van der Waals surface area (Å²) in [4.78, 5) is 2.62. The van der Waals surface area contributed by atoms with Gasteiger partial charge in [0.1, 0.15) is 0 Å². The molecule has 0 amide bonds. The molecule has 3 nitrogen and oxygen atoms in total. The fraction of sp³-hybridized carbons (Fsp3) is 0.647. The van der Waals surface area contributed by atoms with Gasteiger partial charge in [-0.3, -0.25) is 4.90 Å². The Balaban J connectivity index is 0.00000132. The fourth-order valence-corrected chi connectivity index (χ4v) is 3.85. The molecular weight excluding hydrogens is 353 g/mol. The molecule has 1 aromatic carbocycles. The number of hydrogen-bond acceptors (Lipinski definition) is 3. The van der Waals surface area contributed by atoms with Crippen molar-refractivity contribution in [1.82, 2.24) is 15.5 Å². The summed E-state index contributed by atoms with van der Waals surface area (Å²) in [5.41, 5.74) is 1.27. The molecule has 2 N–H and O–H groups in total. The van der Waals surface area contributed by atoms with Crippen LogP contribution in [0.4, 0.5) is 0 Å². The molecule has 0 spiro atoms. The number of nitrogens with zero attached hydrogens (tertiary/aromatic N) is 1. The maximum absolute atomic E-state index is 6.41. The number of nitrogens with one attached hydrogen (secondary N) is 2. The molecule has 2 fully saturated rings. The van der Waals surface area contributed by atoms with Gasteiger partial charge < -0.3 is 10.6 Å². The molecule has 132 valence electrons. The van der Waals surface area contributed by atoms with E-state index in [0.29, 0.717) is 6.04 Å². The van der Waals surface area contributed by atoms with Crippen molar-refractivity contribution in [3.05, 3.63) is 34.9 Å². The molecular formula is C17H28Cl3N3. The zero-order chi connectivity index (χ0) is 14.5. The summed E-state index contributed by atoms with van der Waals surface area (Å²) in [6, 6.07) is 8.73. The first-order chi connectivity index (χ1) is 10.3. The van der Waals surface area contributed by atoms with Crippen molar-refractivity contribution in [2.24, 2.45) is 5.92 Å². The second kappa shape index (κ2) is 10.8. The molecule has 0 aliphatic carbocycles. The summed E-state index contributed by atoms with van der Waals surface area (Å²) >= 11 is 6.41. The van der Waals surface area contributed by atoms with E-state index in [1.807, 2.05) is 12.1 Å². The van der Waals surface area contributed by atoms with Gasteiger partial charge in [0.2, 0.25) is 0 Å². The molecule has 0 bridgehead atoms. The van der Waals surface area contributed by atoms with Gasteiger partial charge in [-0.05, 0) is 56.4 Å². The Morgan fingerprint density at radius 1 is 1.04 bits per heavy atom. The van der Waals surface area contributed by atoms with E-state index in [1.165, 1.54) is 44.5 Å². The Morgan fingerprint density at radius 2 is 1.78 bits per heavy atom. The van der Waals surface area contributed by atoms with Gasteiger partial charge in [0.15, 0.2) is 0 Å². The van der Waals surface area contributed by atoms with E-state index in [2.05, 4.69) is 27.7 Å². The summed E-state index contributed by atoms with van der Waals surface area (Å²) < 4.78 is 0. The normalized spacial score (nSPS) is 22.9. The topological polar surface area (TPSA) is 27.3 Å². The van der Waals surface area contributed by atoms with E-state index in [0.717, 1.165) is 30.6 Å². The molecule has 2 aliphatic heterocycles. The minimum absolute atomic E-state index is 0. The second-order valence-electron chi connectivity index (χ2n) is 6.26. The Labute approximate surface area is 157 Å². The van der Waals surface area contributed by atoms with E-state index in [-0.39, 0.29) is 24.8 Å². The number of hydrogen-bond donors (Lipinski definition) is 2. The van der Waals surface area contributed by atoms with Gasteiger partial charge in [0.25, 0.3) is 0 Å². The summed E-state index contributed by atoms with van der Waals surface area (Å²) in [5, 5.41) is 7.87. The number of piperazine rings is 1. The van der Waals surface area contributed by atoms with Crippen molar-refractivity contribution < 1.29 is 0 Å². The maximum atomic E-state index is 6.41. The van der Waals surface area contributed by atoms with Crippen LogP contribution in [0.3, 0.4) is 0 Å². The third kappa shape index (κ3) is 5.77. The average molecular weight is 381 g/mol. The highest BCUT2D eigenvalue weighted by Gasteiger charge is 2.26. The number of piperidine rings is 1. The van der Waals surface area contributed by atoms with E-state index in [1.54, 1.807) is 0 Å². The van der Waals surface area contributed by atoms with E-state index >= 15 is 0 Å². The summed E-state index contributed by atoms with van der Waals surface area (Å²) in [6.45, 7) is 6.81. The van der Waals surface area contributed by atoms with Crippen LogP contribution in [0.5, 0.6) is 0 Å². The standard InChI is InChI=1S/C17H26ClN3.2ClH/c18-16-4-2-1-3-15(16)17-13-20-10-12-21(17)11-7-14-5-8-19-9-6-14;;/h1-4,14,17,19-20H,5-13H2;2*1H. The van der Waals surface area contributed by atoms with Crippen LogP contribution in [-0.2, 0) is 0 Å². The molecule has 2 saturated heterocycles. The Morgan fingerprint density at radius 3 is 2.52 bits per heavy atom. The van der Waals surface area contributed by atoms with Crippen molar-refractivity contribution >= 4 is 36.4 Å². The lowest BCUT2D eigenvalue weighted by atomic mass is 9.93. The van der Waals surface area contributed by atoms with Crippen molar-refractivity contribution in [2.75, 3.05) is 39.3 Å². The highest BCUT2D eigenvalue weighted by Crippen LogP contribution is 2.29. The third-order valence-corrected chi connectivity index (χ3v) is 5.25. The van der Waals surface area contributed by atoms with Gasteiger partial charge in [-0.25, -0.2) is 0 Å². The predicted octanol–water partition coefficient (Wildman–Crippen LogP) is 3.52. The van der Waals surface area contributed by atoms with Gasteiger partial charge in [0.05, 0.1) is 0 Å². The maximum Gasteiger partial charge on any atom is 0.0487 e. The lowest BCUT2D eigenvalue weighted by molar-refractivity contribution is 0.146. The lowest BCUT2D eigenvalue weighted by Gasteiger charge is -2.38. The lowest BCUT2D eigenvalue weighted by Crippen LogP contribution is -2.46. The van der Waals surface area contributed by atoms with Crippen LogP contribution in [0.1, 0.15) is 30.9 Å². The highest BCUT2D eigenvalue weighted by molar-refractivity contribution is 6.31. The Hall–Kier alpha value is -0.0300. The van der Waals surface area contributed by atoms with Crippen molar-refractivity contribution in [1.29, 1.82) is 0 Å². The molecule has 0 saturated carbocycles. The highest BCUT2D eigenvalue weighted by atomic mass is 35.5. The first-order valence-corrected chi connectivity index (χ1v) is 8.62. The van der Waals surface area contributed by atoms with Crippen molar-refractivity contribution in [2.45, 2.75) is 25.3 Å². The molecule has 23 heavy (non-hydrogen) atoms. The molecule has 0 radical (unpaired) electrons. The van der Waals surface area contributed by atoms with E-state index < -0.39 is 0 Å². The van der Waals surface area contributed by atoms with Crippen LogP contribution in [0.15, 0.2) is 24.3 Å². The smallest absolute Gasteiger partial charge is 0.0487 e.